The summed E-state index contributed by atoms with van der Waals surface area (Å²) in [5.41, 5.74) is 1.04. The van der Waals surface area contributed by atoms with Gasteiger partial charge in [-0.05, 0) is 39.0 Å². The zero-order valence-electron chi connectivity index (χ0n) is 15.8. The Kier molecular flexibility index (Phi) is 7.20. The van der Waals surface area contributed by atoms with Crippen LogP contribution in [0.2, 0.25) is 0 Å². The van der Waals surface area contributed by atoms with Gasteiger partial charge in [-0.3, -0.25) is 14.3 Å². The van der Waals surface area contributed by atoms with Crippen LogP contribution in [0.5, 0.6) is 0 Å². The summed E-state index contributed by atoms with van der Waals surface area (Å²) in [5, 5.41) is 3.20. The van der Waals surface area contributed by atoms with Gasteiger partial charge in [-0.2, -0.15) is 0 Å². The van der Waals surface area contributed by atoms with Gasteiger partial charge in [-0.25, -0.2) is 4.79 Å². The maximum Gasteiger partial charge on any atom is 0.330 e. The predicted octanol–water partition coefficient (Wildman–Crippen LogP) is 2.71. The second-order valence-corrected chi connectivity index (χ2v) is 7.27. The van der Waals surface area contributed by atoms with Crippen molar-refractivity contribution < 1.29 is 4.74 Å². The van der Waals surface area contributed by atoms with Crippen LogP contribution in [0.1, 0.15) is 65.2 Å². The molecule has 1 aliphatic heterocycles. The normalized spacial score (nSPS) is 21.3. The predicted molar refractivity (Wildman–Crippen MR) is 99.7 cm³/mol. The van der Waals surface area contributed by atoms with E-state index in [0.29, 0.717) is 24.6 Å². The topological polar surface area (TPSA) is 76.1 Å². The van der Waals surface area contributed by atoms with Crippen molar-refractivity contribution in [3.05, 3.63) is 44.2 Å². The Morgan fingerprint density at radius 1 is 1.44 bits per heavy atom. The average molecular weight is 349 g/mol. The monoisotopic (exact) mass is 349 g/mol. The molecule has 25 heavy (non-hydrogen) atoms. The number of aromatic amines is 1. The van der Waals surface area contributed by atoms with Crippen molar-refractivity contribution >= 4 is 0 Å². The molecule has 2 heterocycles. The highest BCUT2D eigenvalue weighted by atomic mass is 16.5. The van der Waals surface area contributed by atoms with E-state index in [2.05, 4.69) is 30.2 Å². The van der Waals surface area contributed by atoms with E-state index in [9.17, 15) is 9.59 Å². The molecule has 0 amide bonds. The molecule has 140 valence electrons. The van der Waals surface area contributed by atoms with Crippen molar-refractivity contribution in [1.29, 1.82) is 0 Å². The summed E-state index contributed by atoms with van der Waals surface area (Å²) in [7, 11) is 0. The second-order valence-electron chi connectivity index (χ2n) is 7.27. The van der Waals surface area contributed by atoms with Crippen LogP contribution in [0.25, 0.3) is 0 Å². The minimum Gasteiger partial charge on any atom is -0.355 e. The first-order chi connectivity index (χ1) is 11.9. The molecule has 0 saturated carbocycles. The molecule has 1 fully saturated rings. The Balaban J connectivity index is 2.06. The molecular formula is C19H31N3O3. The Hall–Kier alpha value is -1.66. The molecule has 6 nitrogen and oxygen atoms in total. The molecule has 2 rings (SSSR count). The lowest BCUT2D eigenvalue weighted by Gasteiger charge is -2.18. The van der Waals surface area contributed by atoms with Crippen molar-refractivity contribution in [3.8, 4) is 0 Å². The van der Waals surface area contributed by atoms with Crippen molar-refractivity contribution in [1.82, 2.24) is 14.9 Å². The number of aromatic nitrogens is 2. The summed E-state index contributed by atoms with van der Waals surface area (Å²) in [5.74, 6) is 0.617. The van der Waals surface area contributed by atoms with E-state index in [0.717, 1.165) is 25.7 Å². The SMILES string of the molecule is CCC(C)CC1CC[C@H](n2cc(CNCC=C(C)C)c(=O)[nH]c2=O)O1. The lowest BCUT2D eigenvalue weighted by Crippen LogP contribution is -2.35. The molecule has 0 bridgehead atoms. The lowest BCUT2D eigenvalue weighted by atomic mass is 10.00. The molecule has 1 aromatic heterocycles. The average Bonchev–Trinajstić information content (AvgIpc) is 3.01. The number of H-pyrrole nitrogens is 1. The molecule has 3 atom stereocenters. The van der Waals surface area contributed by atoms with Crippen molar-refractivity contribution in [2.24, 2.45) is 5.92 Å². The van der Waals surface area contributed by atoms with Crippen LogP contribution in [0, 0.1) is 5.92 Å². The van der Waals surface area contributed by atoms with E-state index in [4.69, 9.17) is 4.74 Å². The van der Waals surface area contributed by atoms with Gasteiger partial charge in [0, 0.05) is 24.8 Å². The quantitative estimate of drug-likeness (QED) is 0.559. The van der Waals surface area contributed by atoms with E-state index >= 15 is 0 Å². The zero-order valence-corrected chi connectivity index (χ0v) is 15.8. The largest absolute Gasteiger partial charge is 0.355 e. The van der Waals surface area contributed by atoms with Gasteiger partial charge in [0.1, 0.15) is 6.23 Å². The van der Waals surface area contributed by atoms with Gasteiger partial charge in [-0.15, -0.1) is 0 Å². The summed E-state index contributed by atoms with van der Waals surface area (Å²) in [4.78, 5) is 26.6. The lowest BCUT2D eigenvalue weighted by molar-refractivity contribution is -0.0103. The van der Waals surface area contributed by atoms with Crippen LogP contribution in [0.3, 0.4) is 0 Å². The van der Waals surface area contributed by atoms with Gasteiger partial charge in [-0.1, -0.05) is 31.9 Å². The molecule has 1 aromatic rings. The molecule has 0 aromatic carbocycles. The van der Waals surface area contributed by atoms with Crippen LogP contribution in [0.4, 0.5) is 0 Å². The van der Waals surface area contributed by atoms with Crippen LogP contribution in [-0.2, 0) is 11.3 Å². The number of hydrogen-bond acceptors (Lipinski definition) is 4. The molecule has 1 saturated heterocycles. The molecule has 1 aliphatic rings. The minimum atomic E-state index is -0.396. The number of nitrogens with zero attached hydrogens (tertiary/aromatic N) is 1. The minimum absolute atomic E-state index is 0.193. The summed E-state index contributed by atoms with van der Waals surface area (Å²) < 4.78 is 7.60. The summed E-state index contributed by atoms with van der Waals surface area (Å²) in [6.07, 6.45) is 7.52. The Labute approximate surface area is 149 Å². The second kappa shape index (κ2) is 9.15. The number of nitrogens with one attached hydrogen (secondary N) is 2. The zero-order chi connectivity index (χ0) is 18.4. The molecule has 0 radical (unpaired) electrons. The molecule has 6 heteroatoms. The third-order valence-corrected chi connectivity index (χ3v) is 4.77. The van der Waals surface area contributed by atoms with Gasteiger partial charge >= 0.3 is 5.69 Å². The molecule has 0 aliphatic carbocycles. The fraction of sp³-hybridized carbons (Fsp3) is 0.684. The van der Waals surface area contributed by atoms with E-state index < -0.39 is 5.69 Å². The molecule has 2 unspecified atom stereocenters. The van der Waals surface area contributed by atoms with Gasteiger partial charge in [0.2, 0.25) is 0 Å². The van der Waals surface area contributed by atoms with Gasteiger partial charge in [0.05, 0.1) is 6.10 Å². The van der Waals surface area contributed by atoms with E-state index in [-0.39, 0.29) is 17.9 Å². The maximum absolute atomic E-state index is 12.2. The van der Waals surface area contributed by atoms with Crippen LogP contribution in [0.15, 0.2) is 27.4 Å². The highest BCUT2D eigenvalue weighted by molar-refractivity contribution is 5.05. The Morgan fingerprint density at radius 2 is 2.20 bits per heavy atom. The third-order valence-electron chi connectivity index (χ3n) is 4.77. The fourth-order valence-electron chi connectivity index (χ4n) is 3.03. The van der Waals surface area contributed by atoms with Crippen molar-refractivity contribution in [3.63, 3.8) is 0 Å². The Bertz CT molecular complexity index is 701. The van der Waals surface area contributed by atoms with Gasteiger partial charge in [0.15, 0.2) is 0 Å². The van der Waals surface area contributed by atoms with Crippen molar-refractivity contribution in [2.75, 3.05) is 6.54 Å². The highest BCUT2D eigenvalue weighted by Gasteiger charge is 2.28. The summed E-state index contributed by atoms with van der Waals surface area (Å²) in [6.45, 7) is 9.57. The molecular weight excluding hydrogens is 318 g/mol. The van der Waals surface area contributed by atoms with Crippen LogP contribution in [-0.4, -0.2) is 22.2 Å². The van der Waals surface area contributed by atoms with Gasteiger partial charge in [0.25, 0.3) is 5.56 Å². The number of hydrogen-bond donors (Lipinski definition) is 2. The maximum atomic E-state index is 12.2. The number of ether oxygens (including phenoxy) is 1. The fourth-order valence-corrected chi connectivity index (χ4v) is 3.03. The first-order valence-corrected chi connectivity index (χ1v) is 9.24. The number of allylic oxidation sites excluding steroid dienone is 1. The highest BCUT2D eigenvalue weighted by Crippen LogP contribution is 2.31. The summed E-state index contributed by atoms with van der Waals surface area (Å²) >= 11 is 0. The number of rotatable bonds is 8. The van der Waals surface area contributed by atoms with Crippen LogP contribution >= 0.6 is 0 Å². The van der Waals surface area contributed by atoms with Gasteiger partial charge < -0.3 is 10.1 Å². The standard InChI is InChI=1S/C19H31N3O3/c1-5-14(4)10-16-6-7-17(25-16)22-12-15(18(23)21-19(22)24)11-20-9-8-13(2)3/h8,12,14,16-17,20H,5-7,9-11H2,1-4H3,(H,21,23,24)/t14?,16?,17-/m1/s1. The smallest absolute Gasteiger partial charge is 0.330 e. The third kappa shape index (κ3) is 5.68. The first kappa shape index (κ1) is 19.7. The first-order valence-electron chi connectivity index (χ1n) is 9.24. The van der Waals surface area contributed by atoms with Crippen LogP contribution < -0.4 is 16.6 Å². The van der Waals surface area contributed by atoms with E-state index in [1.807, 2.05) is 13.8 Å². The van der Waals surface area contributed by atoms with Crippen molar-refractivity contribution in [2.45, 2.75) is 72.3 Å². The molecule has 2 N–H and O–H groups in total. The molecule has 0 spiro atoms. The van der Waals surface area contributed by atoms with E-state index in [1.54, 1.807) is 6.20 Å². The van der Waals surface area contributed by atoms with E-state index in [1.165, 1.54) is 10.1 Å². The Morgan fingerprint density at radius 3 is 2.88 bits per heavy atom. The summed E-state index contributed by atoms with van der Waals surface area (Å²) in [6, 6.07) is 0.